The van der Waals surface area contributed by atoms with Gasteiger partial charge in [0, 0.05) is 24.9 Å². The van der Waals surface area contributed by atoms with Gasteiger partial charge in [-0.25, -0.2) is 4.39 Å². The van der Waals surface area contributed by atoms with Gasteiger partial charge in [-0.05, 0) is 42.6 Å². The van der Waals surface area contributed by atoms with E-state index in [1.807, 2.05) is 0 Å². The molecule has 2 aromatic carbocycles. The van der Waals surface area contributed by atoms with Gasteiger partial charge < -0.3 is 20.1 Å². The molecule has 0 saturated heterocycles. The van der Waals surface area contributed by atoms with Crippen molar-refractivity contribution >= 4 is 12.2 Å². The highest BCUT2D eigenvalue weighted by atomic mass is 19.4. The minimum Gasteiger partial charge on any atom is -0.493 e. The van der Waals surface area contributed by atoms with Crippen molar-refractivity contribution in [1.29, 1.82) is 0 Å². The molecule has 0 unspecified atom stereocenters. The van der Waals surface area contributed by atoms with Crippen LogP contribution in [0.5, 0.6) is 17.2 Å². The molecule has 31 heavy (non-hydrogen) atoms. The zero-order chi connectivity index (χ0) is 23.0. The fraction of sp³-hybridized carbons (Fsp3) is 0.143. The Labute approximate surface area is 175 Å². The van der Waals surface area contributed by atoms with E-state index in [0.29, 0.717) is 12.4 Å². The second-order valence-corrected chi connectivity index (χ2v) is 5.94. The number of nitrogens with one attached hydrogen (secondary N) is 2. The first-order valence-electron chi connectivity index (χ1n) is 8.73. The topological polar surface area (TPSA) is 76.7 Å². The van der Waals surface area contributed by atoms with E-state index in [-0.39, 0.29) is 22.8 Å². The molecule has 0 aliphatic rings. The Balaban J connectivity index is 2.50. The van der Waals surface area contributed by atoms with Crippen molar-refractivity contribution in [2.24, 2.45) is 0 Å². The highest BCUT2D eigenvalue weighted by molar-refractivity contribution is 5.98. The molecule has 0 spiro atoms. The molecule has 0 heterocycles. The van der Waals surface area contributed by atoms with Gasteiger partial charge in [0.15, 0.2) is 11.5 Å². The summed E-state index contributed by atoms with van der Waals surface area (Å²) in [6, 6.07) is 5.46. The van der Waals surface area contributed by atoms with E-state index in [9.17, 15) is 27.2 Å². The van der Waals surface area contributed by atoms with Gasteiger partial charge in [-0.1, -0.05) is 0 Å². The van der Waals surface area contributed by atoms with Gasteiger partial charge in [0.25, 0.3) is 5.91 Å². The smallest absolute Gasteiger partial charge is 0.416 e. The molecule has 0 aliphatic carbocycles. The molecule has 0 radical (unpaired) electrons. The van der Waals surface area contributed by atoms with Crippen molar-refractivity contribution in [2.75, 3.05) is 14.2 Å². The molecular formula is C21H18F4N2O4. The van der Waals surface area contributed by atoms with Crippen LogP contribution < -0.4 is 20.1 Å². The van der Waals surface area contributed by atoms with Crippen LogP contribution in [0.15, 0.2) is 60.4 Å². The van der Waals surface area contributed by atoms with Crippen molar-refractivity contribution in [3.63, 3.8) is 0 Å². The van der Waals surface area contributed by atoms with Crippen LogP contribution in [-0.4, -0.2) is 26.4 Å². The van der Waals surface area contributed by atoms with Gasteiger partial charge >= 0.3 is 6.18 Å². The molecule has 0 saturated carbocycles. The monoisotopic (exact) mass is 438 g/mol. The van der Waals surface area contributed by atoms with Gasteiger partial charge in [0.2, 0.25) is 0 Å². The highest BCUT2D eigenvalue weighted by Gasteiger charge is 2.32. The Hall–Kier alpha value is -3.82. The summed E-state index contributed by atoms with van der Waals surface area (Å²) in [4.78, 5) is 23.5. The number of halogens is 4. The van der Waals surface area contributed by atoms with Crippen molar-refractivity contribution < 1.29 is 36.6 Å². The number of alkyl halides is 3. The van der Waals surface area contributed by atoms with Gasteiger partial charge in [-0.15, -0.1) is 0 Å². The van der Waals surface area contributed by atoms with E-state index in [1.165, 1.54) is 19.4 Å². The van der Waals surface area contributed by atoms with E-state index < -0.39 is 29.2 Å². The fourth-order valence-electron chi connectivity index (χ4n) is 2.40. The number of ether oxygens (including phenoxy) is 2. The number of allylic oxidation sites excluding steroid dienone is 2. The first kappa shape index (κ1) is 23.5. The Bertz CT molecular complexity index is 1020. The molecule has 0 aliphatic heterocycles. The van der Waals surface area contributed by atoms with Crippen molar-refractivity contribution in [1.82, 2.24) is 10.6 Å². The largest absolute Gasteiger partial charge is 0.493 e. The number of carbonyl (C=O) groups excluding carboxylic acids is 2. The summed E-state index contributed by atoms with van der Waals surface area (Å²) in [5.74, 6) is -2.11. The maximum Gasteiger partial charge on any atom is 0.416 e. The lowest BCUT2D eigenvalue weighted by Gasteiger charge is -2.16. The van der Waals surface area contributed by atoms with Crippen molar-refractivity contribution in [2.45, 2.75) is 6.18 Å². The lowest BCUT2D eigenvalue weighted by molar-refractivity contribution is -0.137. The van der Waals surface area contributed by atoms with Crippen LogP contribution in [0.25, 0.3) is 0 Å². The number of rotatable bonds is 8. The number of methoxy groups -OCH3 is 1. The summed E-state index contributed by atoms with van der Waals surface area (Å²) in [5.41, 5.74) is -1.23. The van der Waals surface area contributed by atoms with Crippen LogP contribution in [0, 0.1) is 5.82 Å². The van der Waals surface area contributed by atoms with Gasteiger partial charge in [-0.3, -0.25) is 9.59 Å². The summed E-state index contributed by atoms with van der Waals surface area (Å²) in [7, 11) is 2.82. The van der Waals surface area contributed by atoms with Crippen molar-refractivity contribution in [3.05, 3.63) is 77.4 Å². The molecule has 2 N–H and O–H groups in total. The van der Waals surface area contributed by atoms with E-state index in [4.69, 9.17) is 9.47 Å². The molecular weight excluding hydrogens is 420 g/mol. The number of hydrogen-bond acceptors (Lipinski definition) is 5. The summed E-state index contributed by atoms with van der Waals surface area (Å²) < 4.78 is 63.5. The molecule has 0 atom stereocenters. The lowest BCUT2D eigenvalue weighted by Crippen LogP contribution is -2.23. The third kappa shape index (κ3) is 6.33. The molecule has 0 bridgehead atoms. The van der Waals surface area contributed by atoms with E-state index in [0.717, 1.165) is 36.4 Å². The average Bonchev–Trinajstić information content (AvgIpc) is 2.72. The molecule has 6 nitrogen and oxygen atoms in total. The number of aldehydes is 1. The second-order valence-electron chi connectivity index (χ2n) is 5.94. The van der Waals surface area contributed by atoms with Crippen LogP contribution in [0.3, 0.4) is 0 Å². The zero-order valence-electron chi connectivity index (χ0n) is 16.4. The van der Waals surface area contributed by atoms with Gasteiger partial charge in [0.05, 0.1) is 18.2 Å². The molecule has 2 rings (SSSR count). The summed E-state index contributed by atoms with van der Waals surface area (Å²) in [6.07, 6.45) is -0.399. The fourth-order valence-corrected chi connectivity index (χ4v) is 2.40. The highest BCUT2D eigenvalue weighted by Crippen LogP contribution is 2.37. The molecule has 0 aromatic heterocycles. The van der Waals surface area contributed by atoms with E-state index in [1.54, 1.807) is 7.05 Å². The van der Waals surface area contributed by atoms with Crippen LogP contribution in [0.4, 0.5) is 17.6 Å². The third-order valence-corrected chi connectivity index (χ3v) is 3.83. The quantitative estimate of drug-likeness (QED) is 0.280. The Morgan fingerprint density at radius 3 is 2.42 bits per heavy atom. The average molecular weight is 438 g/mol. The predicted molar refractivity (Wildman–Crippen MR) is 104 cm³/mol. The minimum absolute atomic E-state index is 0.0812. The number of hydrogen-bond donors (Lipinski definition) is 2. The van der Waals surface area contributed by atoms with Crippen LogP contribution in [0.1, 0.15) is 15.9 Å². The van der Waals surface area contributed by atoms with Gasteiger partial charge in [-0.2, -0.15) is 13.2 Å². The van der Waals surface area contributed by atoms with Gasteiger partial charge in [0.1, 0.15) is 17.9 Å². The van der Waals surface area contributed by atoms with Crippen molar-refractivity contribution in [3.8, 4) is 17.2 Å². The minimum atomic E-state index is -4.70. The first-order chi connectivity index (χ1) is 14.7. The van der Waals surface area contributed by atoms with E-state index >= 15 is 0 Å². The molecule has 10 heteroatoms. The normalized spacial score (nSPS) is 11.9. The second kappa shape index (κ2) is 10.3. The Morgan fingerprint density at radius 2 is 1.81 bits per heavy atom. The Morgan fingerprint density at radius 1 is 1.06 bits per heavy atom. The summed E-state index contributed by atoms with van der Waals surface area (Å²) in [6.45, 7) is 0. The SMILES string of the molecule is CN/C=C\C(=C/C=O)NC(=O)c1ccc(C(F)(F)F)cc1Oc1ccc(F)cc1OC. The number of amides is 1. The maximum absolute atomic E-state index is 13.4. The molecule has 2 aromatic rings. The first-order valence-corrected chi connectivity index (χ1v) is 8.73. The molecule has 0 fully saturated rings. The van der Waals surface area contributed by atoms with E-state index in [2.05, 4.69) is 10.6 Å². The van der Waals surface area contributed by atoms with Crippen LogP contribution >= 0.6 is 0 Å². The lowest BCUT2D eigenvalue weighted by atomic mass is 10.1. The van der Waals surface area contributed by atoms with Crippen LogP contribution in [-0.2, 0) is 11.0 Å². The number of benzene rings is 2. The Kier molecular flexibility index (Phi) is 7.78. The summed E-state index contributed by atoms with van der Waals surface area (Å²) in [5, 5.41) is 5.07. The number of carbonyl (C=O) groups is 2. The standard InChI is InChI=1S/C21H18F4N2O4/c1-26-9-7-15(8-10-28)27-20(29)16-5-3-13(21(23,24)25)11-18(16)31-17-6-4-14(22)12-19(17)30-2/h3-12,26H,1-2H3,(H,27,29)/b9-7-,15-8+. The summed E-state index contributed by atoms with van der Waals surface area (Å²) >= 11 is 0. The van der Waals surface area contributed by atoms with Crippen LogP contribution in [0.2, 0.25) is 0 Å². The maximum atomic E-state index is 13.4. The third-order valence-electron chi connectivity index (χ3n) is 3.83. The molecule has 1 amide bonds. The molecule has 164 valence electrons. The zero-order valence-corrected chi connectivity index (χ0v) is 16.4. The predicted octanol–water partition coefficient (Wildman–Crippen LogP) is 4.19.